The largest absolute Gasteiger partial charge is 0.371 e. The van der Waals surface area contributed by atoms with Gasteiger partial charge in [0, 0.05) is 29.5 Å². The number of ketones is 1. The number of aromatic amines is 1. The minimum atomic E-state index is -0.607. The summed E-state index contributed by atoms with van der Waals surface area (Å²) in [4.78, 5) is 43.1. The molecule has 2 N–H and O–H groups in total. The van der Waals surface area contributed by atoms with E-state index >= 15 is 0 Å². The van der Waals surface area contributed by atoms with Crippen LogP contribution in [-0.4, -0.2) is 53.3 Å². The molecule has 1 aliphatic carbocycles. The van der Waals surface area contributed by atoms with Gasteiger partial charge in [-0.15, -0.1) is 0 Å². The maximum absolute atomic E-state index is 14.2. The second kappa shape index (κ2) is 8.07. The van der Waals surface area contributed by atoms with E-state index in [0.717, 1.165) is 29.5 Å². The molecule has 3 heterocycles. The molecule has 3 unspecified atom stereocenters. The number of hydrogen-bond acceptors (Lipinski definition) is 4. The lowest BCUT2D eigenvalue weighted by atomic mass is 9.77. The minimum absolute atomic E-state index is 0.0270. The molecule has 0 radical (unpaired) electrons. The van der Waals surface area contributed by atoms with Crippen LogP contribution >= 0.6 is 0 Å². The average molecular weight is 427 g/mol. The van der Waals surface area contributed by atoms with Crippen LogP contribution in [0.25, 0.3) is 10.9 Å². The van der Waals surface area contributed by atoms with Gasteiger partial charge in [-0.25, -0.2) is 4.39 Å². The maximum atomic E-state index is 14.2. The third-order valence-corrected chi connectivity index (χ3v) is 6.93. The lowest BCUT2D eigenvalue weighted by molar-refractivity contribution is -0.144. The van der Waals surface area contributed by atoms with Crippen LogP contribution in [0.15, 0.2) is 18.2 Å². The Hall–Kier alpha value is -2.74. The highest BCUT2D eigenvalue weighted by Crippen LogP contribution is 2.34. The molecule has 2 aromatic rings. The van der Waals surface area contributed by atoms with Crippen molar-refractivity contribution >= 4 is 28.5 Å². The summed E-state index contributed by atoms with van der Waals surface area (Å²) in [5.41, 5.74) is 2.42. The Morgan fingerprint density at radius 1 is 1.19 bits per heavy atom. The second-order valence-corrected chi connectivity index (χ2v) is 8.79. The van der Waals surface area contributed by atoms with Crippen LogP contribution in [0.5, 0.6) is 0 Å². The van der Waals surface area contributed by atoms with Gasteiger partial charge in [0.2, 0.25) is 11.8 Å². The standard InChI is InChI=1S/C23H26FN3O4/c24-17-7-3-6-14-13-8-9-27(10-18(13)25-21(14)17)23(30)16-5-2-1-4-15(16)22(29)26-19-11-31-12-20(19)28/h3,6-7,15-16,19,25H,1-2,4-5,8-12H2,(H,26,29). The predicted octanol–water partition coefficient (Wildman–Crippen LogP) is 2.08. The van der Waals surface area contributed by atoms with Crippen molar-refractivity contribution in [3.8, 4) is 0 Å². The van der Waals surface area contributed by atoms with E-state index in [1.165, 1.54) is 6.07 Å². The van der Waals surface area contributed by atoms with Gasteiger partial charge >= 0.3 is 0 Å². The number of nitrogens with one attached hydrogen (secondary N) is 2. The summed E-state index contributed by atoms with van der Waals surface area (Å²) in [5.74, 6) is -1.50. The number of H-pyrrole nitrogens is 1. The van der Waals surface area contributed by atoms with Crippen LogP contribution in [0.4, 0.5) is 4.39 Å². The topological polar surface area (TPSA) is 91.5 Å². The van der Waals surface area contributed by atoms with Gasteiger partial charge in [0.15, 0.2) is 5.78 Å². The van der Waals surface area contributed by atoms with E-state index in [1.807, 2.05) is 6.07 Å². The SMILES string of the molecule is O=C1COCC1NC(=O)C1CCCCC1C(=O)N1CCc2c([nH]c3c(F)cccc23)C1. The van der Waals surface area contributed by atoms with Crippen molar-refractivity contribution in [2.75, 3.05) is 19.8 Å². The van der Waals surface area contributed by atoms with Crippen LogP contribution in [0.1, 0.15) is 36.9 Å². The fourth-order valence-electron chi connectivity index (χ4n) is 5.26. The number of aromatic nitrogens is 1. The van der Waals surface area contributed by atoms with Crippen LogP contribution in [0, 0.1) is 17.7 Å². The average Bonchev–Trinajstić information content (AvgIpc) is 3.36. The van der Waals surface area contributed by atoms with Crippen LogP contribution in [-0.2, 0) is 32.1 Å². The molecule has 0 bridgehead atoms. The van der Waals surface area contributed by atoms with Crippen molar-refractivity contribution in [3.63, 3.8) is 0 Å². The number of ether oxygens (including phenoxy) is 1. The first kappa shape index (κ1) is 20.2. The van der Waals surface area contributed by atoms with Crippen molar-refractivity contribution in [2.24, 2.45) is 11.8 Å². The normalized spacial score (nSPS) is 26.2. The monoisotopic (exact) mass is 427 g/mol. The minimum Gasteiger partial charge on any atom is -0.371 e. The number of hydrogen-bond donors (Lipinski definition) is 2. The van der Waals surface area contributed by atoms with E-state index in [-0.39, 0.29) is 36.6 Å². The van der Waals surface area contributed by atoms with E-state index in [4.69, 9.17) is 4.74 Å². The zero-order chi connectivity index (χ0) is 21.5. The highest BCUT2D eigenvalue weighted by molar-refractivity contribution is 5.94. The molecule has 7 nitrogen and oxygen atoms in total. The number of carbonyl (C=O) groups excluding carboxylic acids is 3. The third kappa shape index (κ3) is 3.63. The predicted molar refractivity (Wildman–Crippen MR) is 111 cm³/mol. The number of Topliss-reactive ketones (excluding diaryl/α,β-unsaturated/α-hetero) is 1. The Bertz CT molecular complexity index is 1050. The zero-order valence-electron chi connectivity index (χ0n) is 17.3. The first-order valence-electron chi connectivity index (χ1n) is 11.0. The molecule has 3 atom stereocenters. The van der Waals surface area contributed by atoms with Gasteiger partial charge in [0.05, 0.1) is 18.7 Å². The second-order valence-electron chi connectivity index (χ2n) is 8.79. The molecule has 0 spiro atoms. The summed E-state index contributed by atoms with van der Waals surface area (Å²) in [6, 6.07) is 4.43. The van der Waals surface area contributed by atoms with Crippen molar-refractivity contribution in [3.05, 3.63) is 35.3 Å². The summed E-state index contributed by atoms with van der Waals surface area (Å²) in [7, 11) is 0. The molecule has 2 aliphatic heterocycles. The number of halogens is 1. The van der Waals surface area contributed by atoms with Gasteiger partial charge in [-0.2, -0.15) is 0 Å². The molecular weight excluding hydrogens is 401 g/mol. The number of para-hydroxylation sites is 1. The number of carbonyl (C=O) groups is 3. The Kier molecular flexibility index (Phi) is 5.25. The van der Waals surface area contributed by atoms with E-state index < -0.39 is 17.9 Å². The number of benzene rings is 1. The Morgan fingerprint density at radius 3 is 2.77 bits per heavy atom. The smallest absolute Gasteiger partial charge is 0.226 e. The van der Waals surface area contributed by atoms with Crippen LogP contribution in [0.2, 0.25) is 0 Å². The zero-order valence-corrected chi connectivity index (χ0v) is 17.3. The van der Waals surface area contributed by atoms with Gasteiger partial charge in [0.1, 0.15) is 18.5 Å². The summed E-state index contributed by atoms with van der Waals surface area (Å²) in [5, 5.41) is 3.67. The molecule has 1 saturated carbocycles. The molecule has 5 rings (SSSR count). The molecule has 1 saturated heterocycles. The van der Waals surface area contributed by atoms with Crippen molar-refractivity contribution in [2.45, 2.75) is 44.7 Å². The molecule has 3 aliphatic rings. The highest BCUT2D eigenvalue weighted by Gasteiger charge is 2.40. The fraction of sp³-hybridized carbons (Fsp3) is 0.522. The number of amides is 2. The van der Waals surface area contributed by atoms with Crippen molar-refractivity contribution in [1.29, 1.82) is 0 Å². The van der Waals surface area contributed by atoms with E-state index in [9.17, 15) is 18.8 Å². The first-order chi connectivity index (χ1) is 15.0. The van der Waals surface area contributed by atoms with Crippen LogP contribution in [0.3, 0.4) is 0 Å². The molecule has 31 heavy (non-hydrogen) atoms. The third-order valence-electron chi connectivity index (χ3n) is 6.93. The summed E-state index contributed by atoms with van der Waals surface area (Å²) < 4.78 is 19.3. The quantitative estimate of drug-likeness (QED) is 0.785. The first-order valence-corrected chi connectivity index (χ1v) is 11.0. The number of rotatable bonds is 3. The van der Waals surface area contributed by atoms with Gasteiger partial charge in [-0.1, -0.05) is 25.0 Å². The lowest BCUT2D eigenvalue weighted by Gasteiger charge is -2.36. The Morgan fingerprint density at radius 2 is 2.00 bits per heavy atom. The summed E-state index contributed by atoms with van der Waals surface area (Å²) in [6.45, 7) is 1.16. The Labute approximate surface area is 179 Å². The molecule has 1 aromatic carbocycles. The maximum Gasteiger partial charge on any atom is 0.226 e. The van der Waals surface area contributed by atoms with Gasteiger partial charge < -0.3 is 19.9 Å². The molecule has 164 valence electrons. The molecular formula is C23H26FN3O4. The van der Waals surface area contributed by atoms with E-state index in [2.05, 4.69) is 10.3 Å². The Balaban J connectivity index is 1.32. The van der Waals surface area contributed by atoms with Gasteiger partial charge in [0.25, 0.3) is 0 Å². The van der Waals surface area contributed by atoms with E-state index in [0.29, 0.717) is 37.9 Å². The molecule has 8 heteroatoms. The lowest BCUT2D eigenvalue weighted by Crippen LogP contribution is -2.49. The van der Waals surface area contributed by atoms with Crippen molar-refractivity contribution in [1.82, 2.24) is 15.2 Å². The van der Waals surface area contributed by atoms with Gasteiger partial charge in [-0.05, 0) is 30.9 Å². The fourth-order valence-corrected chi connectivity index (χ4v) is 5.26. The summed E-state index contributed by atoms with van der Waals surface area (Å²) in [6.07, 6.45) is 3.75. The number of fused-ring (bicyclic) bond motifs is 3. The highest BCUT2D eigenvalue weighted by atomic mass is 19.1. The van der Waals surface area contributed by atoms with Crippen LogP contribution < -0.4 is 5.32 Å². The number of nitrogens with zero attached hydrogens (tertiary/aromatic N) is 1. The molecule has 1 aromatic heterocycles. The molecule has 2 amide bonds. The van der Waals surface area contributed by atoms with Gasteiger partial charge in [-0.3, -0.25) is 14.4 Å². The van der Waals surface area contributed by atoms with Crippen molar-refractivity contribution < 1.29 is 23.5 Å². The summed E-state index contributed by atoms with van der Waals surface area (Å²) >= 11 is 0. The molecule has 2 fully saturated rings. The van der Waals surface area contributed by atoms with E-state index in [1.54, 1.807) is 11.0 Å².